The summed E-state index contributed by atoms with van der Waals surface area (Å²) in [4.78, 5) is 0. The third kappa shape index (κ3) is 6.41. The van der Waals surface area contributed by atoms with Crippen LogP contribution >= 0.6 is 0 Å². The molecule has 0 amide bonds. The van der Waals surface area contributed by atoms with E-state index in [1.54, 1.807) is 0 Å². The van der Waals surface area contributed by atoms with Crippen molar-refractivity contribution in [2.24, 2.45) is 0 Å². The minimum atomic E-state index is -0.0677. The minimum absolute atomic E-state index is 0.0677. The number of unbranched alkanes of at least 4 members (excludes halogenated alkanes) is 4. The van der Waals surface area contributed by atoms with Crippen LogP contribution < -0.4 is 0 Å². The van der Waals surface area contributed by atoms with Crippen LogP contribution in [0.3, 0.4) is 0 Å². The molecule has 0 aliphatic carbocycles. The molecule has 1 fully saturated rings. The highest BCUT2D eigenvalue weighted by Gasteiger charge is 2.12. The molecule has 0 unspecified atom stereocenters. The fraction of sp³-hybridized carbons (Fsp3) is 0.846. The van der Waals surface area contributed by atoms with Crippen LogP contribution in [0.2, 0.25) is 0 Å². The Bertz CT molecular complexity index is 196. The maximum absolute atomic E-state index is 5.40. The van der Waals surface area contributed by atoms with Gasteiger partial charge in [-0.2, -0.15) is 0 Å². The van der Waals surface area contributed by atoms with Crippen LogP contribution in [0.25, 0.3) is 0 Å². The van der Waals surface area contributed by atoms with Crippen molar-refractivity contribution in [2.75, 3.05) is 6.61 Å². The fourth-order valence-corrected chi connectivity index (χ4v) is 1.60. The second-order valence-corrected chi connectivity index (χ2v) is 4.00. The first-order chi connectivity index (χ1) is 7.43. The van der Waals surface area contributed by atoms with Crippen molar-refractivity contribution in [3.63, 3.8) is 0 Å². The van der Waals surface area contributed by atoms with Crippen LogP contribution in [-0.4, -0.2) is 12.9 Å². The van der Waals surface area contributed by atoms with Gasteiger partial charge in [-0.3, -0.25) is 0 Å². The number of ether oxygens (including phenoxy) is 2. The van der Waals surface area contributed by atoms with Crippen molar-refractivity contribution in [3.8, 4) is 12.0 Å². The van der Waals surface area contributed by atoms with Crippen LogP contribution in [0, 0.1) is 12.0 Å². The second-order valence-electron chi connectivity index (χ2n) is 4.00. The highest BCUT2D eigenvalue weighted by atomic mass is 16.7. The second kappa shape index (κ2) is 8.61. The SMILES string of the molecule is CCCCCCC#CO[C@H]1CCCCO1. The van der Waals surface area contributed by atoms with Crippen molar-refractivity contribution < 1.29 is 9.47 Å². The Kier molecular flexibility index (Phi) is 7.12. The van der Waals surface area contributed by atoms with Crippen LogP contribution in [0.1, 0.15) is 58.3 Å². The monoisotopic (exact) mass is 210 g/mol. The third-order valence-electron chi connectivity index (χ3n) is 2.56. The molecular formula is C13H22O2. The largest absolute Gasteiger partial charge is 0.414 e. The molecule has 0 aromatic heterocycles. The molecule has 0 aromatic rings. The van der Waals surface area contributed by atoms with Crippen molar-refractivity contribution in [1.29, 1.82) is 0 Å². The Balaban J connectivity index is 1.95. The minimum Gasteiger partial charge on any atom is -0.414 e. The van der Waals surface area contributed by atoms with Gasteiger partial charge in [0.05, 0.1) is 6.61 Å². The van der Waals surface area contributed by atoms with Gasteiger partial charge in [-0.05, 0) is 19.3 Å². The normalized spacial score (nSPS) is 20.5. The standard InChI is InChI=1S/C13H22O2/c1-2-3-4-5-6-8-11-14-13-10-7-9-12-15-13/h13H,2-7,9-10,12H2,1H3/t13-/m1/s1. The van der Waals surface area contributed by atoms with E-state index >= 15 is 0 Å². The summed E-state index contributed by atoms with van der Waals surface area (Å²) in [7, 11) is 0. The maximum Gasteiger partial charge on any atom is 0.210 e. The smallest absolute Gasteiger partial charge is 0.210 e. The Labute approximate surface area is 93.3 Å². The number of hydrogen-bond donors (Lipinski definition) is 0. The molecule has 1 atom stereocenters. The van der Waals surface area contributed by atoms with E-state index < -0.39 is 0 Å². The average molecular weight is 210 g/mol. The first-order valence-corrected chi connectivity index (χ1v) is 6.18. The predicted molar refractivity (Wildman–Crippen MR) is 61.2 cm³/mol. The number of hydrogen-bond acceptors (Lipinski definition) is 2. The quantitative estimate of drug-likeness (QED) is 0.511. The van der Waals surface area contributed by atoms with Gasteiger partial charge < -0.3 is 9.47 Å². The molecule has 0 N–H and O–H groups in total. The highest BCUT2D eigenvalue weighted by molar-refractivity contribution is 4.91. The molecule has 1 saturated heterocycles. The molecule has 86 valence electrons. The van der Waals surface area contributed by atoms with Crippen LogP contribution in [0.15, 0.2) is 0 Å². The highest BCUT2D eigenvalue weighted by Crippen LogP contribution is 2.12. The maximum atomic E-state index is 5.40. The van der Waals surface area contributed by atoms with E-state index in [-0.39, 0.29) is 6.29 Å². The van der Waals surface area contributed by atoms with Gasteiger partial charge in [-0.15, -0.1) is 0 Å². The van der Waals surface area contributed by atoms with Gasteiger partial charge in [-0.1, -0.05) is 32.1 Å². The Hall–Kier alpha value is -0.680. The number of rotatable bonds is 5. The zero-order valence-electron chi connectivity index (χ0n) is 9.76. The summed E-state index contributed by atoms with van der Waals surface area (Å²) in [5.74, 6) is 3.04. The lowest BCUT2D eigenvalue weighted by Crippen LogP contribution is -2.20. The summed E-state index contributed by atoms with van der Waals surface area (Å²) >= 11 is 0. The lowest BCUT2D eigenvalue weighted by atomic mass is 10.2. The van der Waals surface area contributed by atoms with Gasteiger partial charge >= 0.3 is 0 Å². The van der Waals surface area contributed by atoms with E-state index in [2.05, 4.69) is 19.0 Å². The predicted octanol–water partition coefficient (Wildman–Crippen LogP) is 3.46. The van der Waals surface area contributed by atoms with Gasteiger partial charge in [0.15, 0.2) is 0 Å². The topological polar surface area (TPSA) is 18.5 Å². The van der Waals surface area contributed by atoms with E-state index in [1.807, 2.05) is 0 Å². The van der Waals surface area contributed by atoms with Gasteiger partial charge in [0.2, 0.25) is 6.29 Å². The lowest BCUT2D eigenvalue weighted by molar-refractivity contribution is -0.121. The molecule has 1 aliphatic heterocycles. The van der Waals surface area contributed by atoms with Crippen LogP contribution in [0.4, 0.5) is 0 Å². The summed E-state index contributed by atoms with van der Waals surface area (Å²) in [6.07, 6.45) is 12.0. The molecule has 0 saturated carbocycles. The molecule has 1 rings (SSSR count). The molecule has 0 spiro atoms. The molecule has 2 heteroatoms. The summed E-state index contributed by atoms with van der Waals surface area (Å²) in [6, 6.07) is 0. The molecular weight excluding hydrogens is 188 g/mol. The first-order valence-electron chi connectivity index (χ1n) is 6.18. The van der Waals surface area contributed by atoms with E-state index in [9.17, 15) is 0 Å². The van der Waals surface area contributed by atoms with Gasteiger partial charge in [0, 0.05) is 12.8 Å². The van der Waals surface area contributed by atoms with Gasteiger partial charge in [-0.25, -0.2) is 0 Å². The van der Waals surface area contributed by atoms with Crippen LogP contribution in [0.5, 0.6) is 0 Å². The van der Waals surface area contributed by atoms with Crippen molar-refractivity contribution in [2.45, 2.75) is 64.6 Å². The third-order valence-corrected chi connectivity index (χ3v) is 2.56. The molecule has 0 bridgehead atoms. The molecule has 1 aliphatic rings. The zero-order chi connectivity index (χ0) is 10.8. The fourth-order valence-electron chi connectivity index (χ4n) is 1.60. The summed E-state index contributed by atoms with van der Waals surface area (Å²) in [5, 5.41) is 0. The summed E-state index contributed by atoms with van der Waals surface area (Å²) in [6.45, 7) is 3.04. The van der Waals surface area contributed by atoms with Crippen molar-refractivity contribution >= 4 is 0 Å². The van der Waals surface area contributed by atoms with Gasteiger partial charge in [0.25, 0.3) is 0 Å². The Morgan fingerprint density at radius 1 is 1.27 bits per heavy atom. The molecule has 2 nitrogen and oxygen atoms in total. The van der Waals surface area contributed by atoms with Crippen LogP contribution in [-0.2, 0) is 9.47 Å². The average Bonchev–Trinajstić information content (AvgIpc) is 2.29. The zero-order valence-corrected chi connectivity index (χ0v) is 9.76. The van der Waals surface area contributed by atoms with E-state index in [1.165, 1.54) is 32.1 Å². The Morgan fingerprint density at radius 3 is 2.93 bits per heavy atom. The van der Waals surface area contributed by atoms with Gasteiger partial charge in [0.1, 0.15) is 6.11 Å². The molecule has 0 aromatic carbocycles. The summed E-state index contributed by atoms with van der Waals surface area (Å²) < 4.78 is 10.7. The van der Waals surface area contributed by atoms with Crippen molar-refractivity contribution in [3.05, 3.63) is 0 Å². The molecule has 15 heavy (non-hydrogen) atoms. The van der Waals surface area contributed by atoms with E-state index in [4.69, 9.17) is 9.47 Å². The van der Waals surface area contributed by atoms with E-state index in [0.29, 0.717) is 0 Å². The molecule has 1 heterocycles. The van der Waals surface area contributed by atoms with E-state index in [0.717, 1.165) is 25.9 Å². The molecule has 0 radical (unpaired) electrons. The lowest BCUT2D eigenvalue weighted by Gasteiger charge is -2.19. The van der Waals surface area contributed by atoms with Crippen molar-refractivity contribution in [1.82, 2.24) is 0 Å². The first kappa shape index (κ1) is 12.4. The Morgan fingerprint density at radius 2 is 2.20 bits per heavy atom. The summed E-state index contributed by atoms with van der Waals surface area (Å²) in [5.41, 5.74) is 0.